The number of esters is 1. The minimum Gasteiger partial charge on any atom is -0.461 e. The normalized spacial score (nSPS) is 21.0. The van der Waals surface area contributed by atoms with Gasteiger partial charge in [0.1, 0.15) is 17.7 Å². The van der Waals surface area contributed by atoms with Crippen molar-refractivity contribution in [1.29, 1.82) is 0 Å². The van der Waals surface area contributed by atoms with E-state index in [0.717, 1.165) is 36.7 Å². The summed E-state index contributed by atoms with van der Waals surface area (Å²) in [7, 11) is -0.452. The molecule has 0 aromatic heterocycles. The Morgan fingerprint density at radius 3 is 2.12 bits per heavy atom. The summed E-state index contributed by atoms with van der Waals surface area (Å²) in [6.07, 6.45) is 3.44. The quantitative estimate of drug-likeness (QED) is 0.513. The molecule has 1 atom stereocenters. The lowest BCUT2D eigenvalue weighted by Crippen LogP contribution is -2.46. The molecule has 8 heteroatoms. The van der Waals surface area contributed by atoms with Gasteiger partial charge in [-0.05, 0) is 85.2 Å². The van der Waals surface area contributed by atoms with Gasteiger partial charge >= 0.3 is 19.2 Å². The number of hydrogen-bond donors (Lipinski definition) is 1. The van der Waals surface area contributed by atoms with Gasteiger partial charge < -0.3 is 24.1 Å². The van der Waals surface area contributed by atoms with Crippen molar-refractivity contribution in [3.63, 3.8) is 0 Å². The Balaban J connectivity index is 1.69. The van der Waals surface area contributed by atoms with Crippen molar-refractivity contribution in [3.8, 4) is 0 Å². The molecule has 7 nitrogen and oxygen atoms in total. The third-order valence-electron chi connectivity index (χ3n) is 6.51. The maximum atomic E-state index is 12.9. The van der Waals surface area contributed by atoms with Crippen LogP contribution in [0.3, 0.4) is 0 Å². The fourth-order valence-corrected chi connectivity index (χ4v) is 3.92. The molecule has 1 saturated heterocycles. The summed E-state index contributed by atoms with van der Waals surface area (Å²) in [6.45, 7) is 13.4. The van der Waals surface area contributed by atoms with Crippen LogP contribution in [0.5, 0.6) is 0 Å². The molecule has 1 heterocycles. The number of benzene rings is 1. The van der Waals surface area contributed by atoms with Crippen LogP contribution in [0.2, 0.25) is 0 Å². The lowest BCUT2D eigenvalue weighted by molar-refractivity contribution is -0.151. The lowest BCUT2D eigenvalue weighted by Gasteiger charge is -2.32. The van der Waals surface area contributed by atoms with Crippen LogP contribution >= 0.6 is 0 Å². The van der Waals surface area contributed by atoms with E-state index in [1.54, 1.807) is 20.8 Å². The highest BCUT2D eigenvalue weighted by Crippen LogP contribution is 2.36. The van der Waals surface area contributed by atoms with Crippen molar-refractivity contribution >= 4 is 24.6 Å². The minimum atomic E-state index is -0.830. The smallest absolute Gasteiger partial charge is 0.461 e. The first kappa shape index (κ1) is 25.6. The molecule has 1 aliphatic heterocycles. The first-order valence-corrected chi connectivity index (χ1v) is 11.9. The van der Waals surface area contributed by atoms with Crippen LogP contribution in [0.1, 0.15) is 79.7 Å². The topological polar surface area (TPSA) is 83.1 Å². The van der Waals surface area contributed by atoms with E-state index in [1.165, 1.54) is 0 Å². The summed E-state index contributed by atoms with van der Waals surface area (Å²) in [6, 6.07) is 6.89. The molecule has 0 spiro atoms. The SMILES string of the molecule is CC(C)(C)OC(=O)N[C@@H](Cc1ccc(B2OC(C)(C)C(C)(C)O2)cc1)C(=O)OC1CCCC1. The van der Waals surface area contributed by atoms with E-state index in [1.807, 2.05) is 52.0 Å². The van der Waals surface area contributed by atoms with Crippen molar-refractivity contribution in [2.45, 2.75) is 110 Å². The Bertz CT molecular complexity index is 823. The van der Waals surface area contributed by atoms with Gasteiger partial charge in [-0.3, -0.25) is 0 Å². The van der Waals surface area contributed by atoms with E-state index in [0.29, 0.717) is 6.42 Å². The molecule has 1 aromatic rings. The molecule has 1 aromatic carbocycles. The fourth-order valence-electron chi connectivity index (χ4n) is 3.92. The fraction of sp³-hybridized carbons (Fsp3) is 0.680. The Hall–Kier alpha value is -2.06. The predicted molar refractivity (Wildman–Crippen MR) is 127 cm³/mol. The molecule has 2 aliphatic rings. The van der Waals surface area contributed by atoms with E-state index in [2.05, 4.69) is 5.32 Å². The largest absolute Gasteiger partial charge is 0.494 e. The van der Waals surface area contributed by atoms with Crippen molar-refractivity contribution in [3.05, 3.63) is 29.8 Å². The van der Waals surface area contributed by atoms with Gasteiger partial charge in [-0.15, -0.1) is 0 Å². The van der Waals surface area contributed by atoms with Crippen LogP contribution < -0.4 is 10.8 Å². The standard InChI is InChI=1S/C25H38BNO6/c1-23(2,3)31-22(29)27-20(21(28)30-19-10-8-9-11-19)16-17-12-14-18(15-13-17)26-32-24(4,5)25(6,7)33-26/h12-15,19-20H,8-11,16H2,1-7H3,(H,27,29)/t20-/m0/s1. The van der Waals surface area contributed by atoms with Crippen LogP contribution in [0, 0.1) is 0 Å². The van der Waals surface area contributed by atoms with E-state index in [4.69, 9.17) is 18.8 Å². The molecule has 2 fully saturated rings. The summed E-state index contributed by atoms with van der Waals surface area (Å²) in [5.74, 6) is -0.428. The van der Waals surface area contributed by atoms with Gasteiger partial charge in [0, 0.05) is 6.42 Å². The van der Waals surface area contributed by atoms with Crippen LogP contribution in [-0.2, 0) is 30.0 Å². The third-order valence-corrected chi connectivity index (χ3v) is 6.51. The average Bonchev–Trinajstić information content (AvgIpc) is 3.25. The van der Waals surface area contributed by atoms with Crippen LogP contribution in [0.25, 0.3) is 0 Å². The third kappa shape index (κ3) is 6.73. The Kier molecular flexibility index (Phi) is 7.49. The molecular formula is C25H38BNO6. The van der Waals surface area contributed by atoms with E-state index in [-0.39, 0.29) is 6.10 Å². The van der Waals surface area contributed by atoms with Crippen molar-refractivity contribution in [2.75, 3.05) is 0 Å². The number of ether oxygens (including phenoxy) is 2. The molecule has 3 rings (SSSR count). The zero-order valence-corrected chi connectivity index (χ0v) is 21.0. The van der Waals surface area contributed by atoms with Gasteiger partial charge in [0.2, 0.25) is 0 Å². The first-order chi connectivity index (χ1) is 15.3. The number of nitrogens with one attached hydrogen (secondary N) is 1. The van der Waals surface area contributed by atoms with Crippen molar-refractivity contribution in [2.24, 2.45) is 0 Å². The Morgan fingerprint density at radius 2 is 1.61 bits per heavy atom. The molecule has 0 bridgehead atoms. The molecule has 0 unspecified atom stereocenters. The molecule has 0 radical (unpaired) electrons. The zero-order valence-electron chi connectivity index (χ0n) is 21.0. The van der Waals surface area contributed by atoms with Gasteiger partial charge in [0.25, 0.3) is 0 Å². The molecule has 1 N–H and O–H groups in total. The highest BCUT2D eigenvalue weighted by Gasteiger charge is 2.51. The van der Waals surface area contributed by atoms with Gasteiger partial charge in [0.05, 0.1) is 11.2 Å². The lowest BCUT2D eigenvalue weighted by atomic mass is 9.78. The van der Waals surface area contributed by atoms with Gasteiger partial charge in [-0.2, -0.15) is 0 Å². The van der Waals surface area contributed by atoms with Crippen molar-refractivity contribution < 1.29 is 28.4 Å². The minimum absolute atomic E-state index is 0.0776. The van der Waals surface area contributed by atoms with Crippen LogP contribution in [0.4, 0.5) is 4.79 Å². The summed E-state index contributed by atoms with van der Waals surface area (Å²) >= 11 is 0. The predicted octanol–water partition coefficient (Wildman–Crippen LogP) is 3.91. The number of rotatable bonds is 6. The zero-order chi connectivity index (χ0) is 24.4. The van der Waals surface area contributed by atoms with E-state index < -0.39 is 42.0 Å². The average molecular weight is 459 g/mol. The summed E-state index contributed by atoms with van der Waals surface area (Å²) in [5.41, 5.74) is 0.308. The maximum absolute atomic E-state index is 12.9. The van der Waals surface area contributed by atoms with E-state index >= 15 is 0 Å². The van der Waals surface area contributed by atoms with Crippen molar-refractivity contribution in [1.82, 2.24) is 5.32 Å². The summed E-state index contributed by atoms with van der Waals surface area (Å²) in [5, 5.41) is 2.70. The van der Waals surface area contributed by atoms with Crippen LogP contribution in [-0.4, -0.2) is 48.1 Å². The second-order valence-corrected chi connectivity index (χ2v) is 11.1. The number of amides is 1. The highest BCUT2D eigenvalue weighted by atomic mass is 16.7. The number of hydrogen-bond acceptors (Lipinski definition) is 6. The van der Waals surface area contributed by atoms with Gasteiger partial charge in [-0.25, -0.2) is 9.59 Å². The Morgan fingerprint density at radius 1 is 1.06 bits per heavy atom. The highest BCUT2D eigenvalue weighted by molar-refractivity contribution is 6.62. The molecule has 1 amide bonds. The second-order valence-electron chi connectivity index (χ2n) is 11.1. The van der Waals surface area contributed by atoms with Gasteiger partial charge in [0.15, 0.2) is 0 Å². The van der Waals surface area contributed by atoms with Gasteiger partial charge in [-0.1, -0.05) is 24.3 Å². The molecule has 182 valence electrons. The number of carbonyl (C=O) groups excluding carboxylic acids is 2. The number of carbonyl (C=O) groups is 2. The summed E-state index contributed by atoms with van der Waals surface area (Å²) in [4.78, 5) is 25.3. The maximum Gasteiger partial charge on any atom is 0.494 e. The Labute approximate surface area is 198 Å². The second kappa shape index (κ2) is 9.67. The molecular weight excluding hydrogens is 421 g/mol. The first-order valence-electron chi connectivity index (χ1n) is 11.9. The monoisotopic (exact) mass is 459 g/mol. The molecule has 33 heavy (non-hydrogen) atoms. The number of alkyl carbamates (subject to hydrolysis) is 1. The molecule has 1 saturated carbocycles. The van der Waals surface area contributed by atoms with E-state index in [9.17, 15) is 9.59 Å². The van der Waals surface area contributed by atoms with Crippen LogP contribution in [0.15, 0.2) is 24.3 Å². The molecule has 1 aliphatic carbocycles. The summed E-state index contributed by atoms with van der Waals surface area (Å²) < 4.78 is 23.3.